The monoisotopic (exact) mass is 274 g/mol. The molecule has 0 unspecified atom stereocenters. The maximum atomic E-state index is 13.1. The number of aliphatic hydroxyl groups excluding tert-OH is 1. The number of rotatable bonds is 6. The molecule has 3 N–H and O–H groups in total. The van der Waals surface area contributed by atoms with Crippen LogP contribution in [0.4, 0.5) is 10.1 Å². The van der Waals surface area contributed by atoms with Crippen molar-refractivity contribution in [2.24, 2.45) is 0 Å². The quantitative estimate of drug-likeness (QED) is 0.587. The third-order valence-corrected chi connectivity index (χ3v) is 4.20. The summed E-state index contributed by atoms with van der Waals surface area (Å²) in [5.41, 5.74) is 5.51. The Bertz CT molecular complexity index is 531. The molecule has 0 spiro atoms. The topological polar surface area (TPSA) is 83.6 Å². The van der Waals surface area contributed by atoms with Gasteiger partial charge in [-0.25, -0.2) is 12.8 Å². The molecule has 18 heavy (non-hydrogen) atoms. The zero-order valence-electron chi connectivity index (χ0n) is 9.71. The van der Waals surface area contributed by atoms with Crippen molar-refractivity contribution in [2.45, 2.75) is 4.90 Å². The molecule has 0 aliphatic rings. The molecule has 0 saturated carbocycles. The van der Waals surface area contributed by atoms with Crippen LogP contribution < -0.4 is 5.73 Å². The second-order valence-corrected chi connectivity index (χ2v) is 5.46. The molecular weight excluding hydrogens is 259 g/mol. The summed E-state index contributed by atoms with van der Waals surface area (Å²) in [5, 5.41) is 8.85. The van der Waals surface area contributed by atoms with Crippen molar-refractivity contribution in [3.05, 3.63) is 36.7 Å². The number of nitrogens with zero attached hydrogens (tertiary/aromatic N) is 1. The van der Waals surface area contributed by atoms with Crippen molar-refractivity contribution in [1.29, 1.82) is 0 Å². The second-order valence-electron chi connectivity index (χ2n) is 3.56. The first-order valence-corrected chi connectivity index (χ1v) is 6.64. The Balaban J connectivity index is 3.25. The second kappa shape index (κ2) is 5.94. The lowest BCUT2D eigenvalue weighted by atomic mass is 10.3. The van der Waals surface area contributed by atoms with E-state index in [9.17, 15) is 12.8 Å². The minimum atomic E-state index is -3.94. The molecule has 7 heteroatoms. The summed E-state index contributed by atoms with van der Waals surface area (Å²) in [6, 6.07) is 3.13. The summed E-state index contributed by atoms with van der Waals surface area (Å²) in [6.07, 6.45) is 1.38. The average Bonchev–Trinajstić information content (AvgIpc) is 2.32. The molecular formula is C11H15FN2O3S. The summed E-state index contributed by atoms with van der Waals surface area (Å²) in [5.74, 6) is -0.690. The van der Waals surface area contributed by atoms with E-state index in [0.717, 1.165) is 16.4 Å². The Morgan fingerprint density at radius 1 is 1.50 bits per heavy atom. The van der Waals surface area contributed by atoms with Gasteiger partial charge >= 0.3 is 0 Å². The summed E-state index contributed by atoms with van der Waals surface area (Å²) >= 11 is 0. The van der Waals surface area contributed by atoms with Gasteiger partial charge in [-0.2, -0.15) is 4.31 Å². The van der Waals surface area contributed by atoms with Crippen molar-refractivity contribution in [2.75, 3.05) is 25.4 Å². The van der Waals surface area contributed by atoms with Gasteiger partial charge in [-0.3, -0.25) is 0 Å². The van der Waals surface area contributed by atoms with Gasteiger partial charge in [0.05, 0.1) is 12.3 Å². The van der Waals surface area contributed by atoms with Crippen LogP contribution in [0.3, 0.4) is 0 Å². The van der Waals surface area contributed by atoms with E-state index in [0.29, 0.717) is 0 Å². The maximum absolute atomic E-state index is 13.1. The van der Waals surface area contributed by atoms with E-state index < -0.39 is 15.8 Å². The number of hydrogen-bond donors (Lipinski definition) is 2. The van der Waals surface area contributed by atoms with E-state index in [2.05, 4.69) is 6.58 Å². The summed E-state index contributed by atoms with van der Waals surface area (Å²) in [4.78, 5) is -0.308. The summed E-state index contributed by atoms with van der Waals surface area (Å²) in [7, 11) is -3.94. The molecule has 0 aliphatic heterocycles. The minimum Gasteiger partial charge on any atom is -0.398 e. The molecule has 1 aromatic carbocycles. The third kappa shape index (κ3) is 3.06. The van der Waals surface area contributed by atoms with Gasteiger partial charge in [-0.15, -0.1) is 6.58 Å². The van der Waals surface area contributed by atoms with Crippen LogP contribution in [0.1, 0.15) is 0 Å². The van der Waals surface area contributed by atoms with Crippen LogP contribution in [-0.4, -0.2) is 37.5 Å². The normalized spacial score (nSPS) is 11.7. The van der Waals surface area contributed by atoms with Gasteiger partial charge < -0.3 is 10.8 Å². The van der Waals surface area contributed by atoms with Gasteiger partial charge in [0.2, 0.25) is 10.0 Å². The number of anilines is 1. The highest BCUT2D eigenvalue weighted by atomic mass is 32.2. The number of sulfonamides is 1. The SMILES string of the molecule is C=CCN(CCO)S(=O)(=O)c1cc(F)ccc1N. The average molecular weight is 274 g/mol. The lowest BCUT2D eigenvalue weighted by Gasteiger charge is -2.20. The molecule has 0 aromatic heterocycles. The first kappa shape index (κ1) is 14.6. The predicted molar refractivity (Wildman–Crippen MR) is 66.9 cm³/mol. The summed E-state index contributed by atoms with van der Waals surface area (Å²) < 4.78 is 38.5. The molecule has 0 atom stereocenters. The number of nitrogens with two attached hydrogens (primary N) is 1. The van der Waals surface area contributed by atoms with Crippen LogP contribution in [0.15, 0.2) is 35.7 Å². The van der Waals surface area contributed by atoms with E-state index in [1.165, 1.54) is 12.1 Å². The van der Waals surface area contributed by atoms with Crippen LogP contribution in [-0.2, 0) is 10.0 Å². The molecule has 0 bridgehead atoms. The Morgan fingerprint density at radius 2 is 2.17 bits per heavy atom. The fourth-order valence-corrected chi connectivity index (χ4v) is 2.97. The highest BCUT2D eigenvalue weighted by Gasteiger charge is 2.25. The van der Waals surface area contributed by atoms with Crippen LogP contribution in [0.25, 0.3) is 0 Å². The van der Waals surface area contributed by atoms with Crippen molar-refractivity contribution in [3.8, 4) is 0 Å². The fraction of sp³-hybridized carbons (Fsp3) is 0.273. The molecule has 5 nitrogen and oxygen atoms in total. The van der Waals surface area contributed by atoms with Crippen LogP contribution in [0, 0.1) is 5.82 Å². The number of benzene rings is 1. The van der Waals surface area contributed by atoms with Crippen LogP contribution in [0.5, 0.6) is 0 Å². The Morgan fingerprint density at radius 3 is 2.72 bits per heavy atom. The van der Waals surface area contributed by atoms with Crippen molar-refractivity contribution >= 4 is 15.7 Å². The molecule has 0 amide bonds. The predicted octanol–water partition coefficient (Wildman–Crippen LogP) is 0.577. The maximum Gasteiger partial charge on any atom is 0.245 e. The number of nitrogen functional groups attached to an aromatic ring is 1. The molecule has 1 rings (SSSR count). The Kier molecular flexibility index (Phi) is 4.83. The smallest absolute Gasteiger partial charge is 0.245 e. The largest absolute Gasteiger partial charge is 0.398 e. The highest BCUT2D eigenvalue weighted by molar-refractivity contribution is 7.89. The molecule has 0 heterocycles. The van der Waals surface area contributed by atoms with E-state index in [1.807, 2.05) is 0 Å². The van der Waals surface area contributed by atoms with E-state index >= 15 is 0 Å². The van der Waals surface area contributed by atoms with Gasteiger partial charge in [0.25, 0.3) is 0 Å². The van der Waals surface area contributed by atoms with Gasteiger partial charge in [0.15, 0.2) is 0 Å². The Labute approximate surface area is 105 Å². The van der Waals surface area contributed by atoms with Gasteiger partial charge in [0.1, 0.15) is 10.7 Å². The molecule has 0 aliphatic carbocycles. The molecule has 0 radical (unpaired) electrons. The molecule has 100 valence electrons. The lowest BCUT2D eigenvalue weighted by Crippen LogP contribution is -2.34. The zero-order valence-corrected chi connectivity index (χ0v) is 10.5. The van der Waals surface area contributed by atoms with Gasteiger partial charge in [-0.1, -0.05) is 6.08 Å². The van der Waals surface area contributed by atoms with E-state index in [4.69, 9.17) is 10.8 Å². The lowest BCUT2D eigenvalue weighted by molar-refractivity contribution is 0.260. The van der Waals surface area contributed by atoms with E-state index in [1.54, 1.807) is 0 Å². The highest BCUT2D eigenvalue weighted by Crippen LogP contribution is 2.23. The standard InChI is InChI=1S/C11H15FN2O3S/c1-2-5-14(6-7-15)18(16,17)11-8-9(12)3-4-10(11)13/h2-4,8,15H,1,5-7,13H2. The fourth-order valence-electron chi connectivity index (χ4n) is 1.44. The first-order chi connectivity index (χ1) is 8.43. The van der Waals surface area contributed by atoms with Gasteiger partial charge in [0, 0.05) is 13.1 Å². The Hall–Kier alpha value is -1.44. The molecule has 0 saturated heterocycles. The zero-order chi connectivity index (χ0) is 13.8. The minimum absolute atomic E-state index is 0.0127. The third-order valence-electron chi connectivity index (χ3n) is 2.28. The number of halogens is 1. The number of hydrogen-bond acceptors (Lipinski definition) is 4. The molecule has 1 aromatic rings. The van der Waals surface area contributed by atoms with E-state index in [-0.39, 0.29) is 30.3 Å². The van der Waals surface area contributed by atoms with Crippen molar-refractivity contribution in [1.82, 2.24) is 4.31 Å². The van der Waals surface area contributed by atoms with Crippen LogP contribution in [0.2, 0.25) is 0 Å². The van der Waals surface area contributed by atoms with Gasteiger partial charge in [-0.05, 0) is 18.2 Å². The van der Waals surface area contributed by atoms with Crippen LogP contribution >= 0.6 is 0 Å². The summed E-state index contributed by atoms with van der Waals surface area (Å²) in [6.45, 7) is 3.00. The van der Waals surface area contributed by atoms with Crippen molar-refractivity contribution < 1.29 is 17.9 Å². The molecule has 0 fully saturated rings. The van der Waals surface area contributed by atoms with Crippen molar-refractivity contribution in [3.63, 3.8) is 0 Å². The number of aliphatic hydroxyl groups is 1. The first-order valence-electron chi connectivity index (χ1n) is 5.20.